The smallest absolute Gasteiger partial charge is 0.398 e. The summed E-state index contributed by atoms with van der Waals surface area (Å²) in [6.45, 7) is 0.714. The second-order valence-corrected chi connectivity index (χ2v) is 14.6. The van der Waals surface area contributed by atoms with Gasteiger partial charge in [-0.15, -0.1) is 0 Å². The van der Waals surface area contributed by atoms with Crippen LogP contribution in [0.3, 0.4) is 0 Å². The van der Waals surface area contributed by atoms with Crippen molar-refractivity contribution < 1.29 is 54.7 Å². The van der Waals surface area contributed by atoms with Crippen LogP contribution in [0.15, 0.2) is 40.5 Å². The normalized spacial score (nSPS) is 17.2. The highest BCUT2D eigenvalue weighted by atomic mass is 32.2. The zero-order chi connectivity index (χ0) is 30.1. The summed E-state index contributed by atoms with van der Waals surface area (Å²) in [6, 6.07) is 6.89. The highest BCUT2D eigenvalue weighted by Gasteiger charge is 2.55. The van der Waals surface area contributed by atoms with Gasteiger partial charge in [-0.2, -0.15) is 31.3 Å². The number of nitrogens with zero attached hydrogens (tertiary/aromatic N) is 4. The fraction of sp³-hybridized carbons (Fsp3) is 0.450. The molecule has 0 aliphatic heterocycles. The zero-order valence-corrected chi connectivity index (χ0v) is 23.2. The Morgan fingerprint density at radius 1 is 1.02 bits per heavy atom. The van der Waals surface area contributed by atoms with Crippen molar-refractivity contribution >= 4 is 43.6 Å². The number of benzene rings is 1. The first kappa shape index (κ1) is 32.2. The van der Waals surface area contributed by atoms with Gasteiger partial charge in [-0.25, -0.2) is 9.97 Å². The molecule has 0 fully saturated rings. The van der Waals surface area contributed by atoms with Crippen molar-refractivity contribution in [1.29, 1.82) is 0 Å². The number of nitrogens with two attached hydrogens (primary N) is 1. The molecule has 3 aromatic rings. The van der Waals surface area contributed by atoms with Gasteiger partial charge in [0.2, 0.25) is 26.3 Å². The molecular formula is C20H23F6N5O6P2S. The molecule has 3 atom stereocenters. The Hall–Kier alpha value is -2.36. The van der Waals surface area contributed by atoms with Crippen LogP contribution >= 0.6 is 26.5 Å². The number of alkyl halides is 6. The predicted octanol–water partition coefficient (Wildman–Crippen LogP) is 4.92. The molecule has 0 amide bonds. The Balaban J connectivity index is 1.90. The molecule has 40 heavy (non-hydrogen) atoms. The number of methoxy groups -OCH3 is 1. The molecule has 0 aliphatic rings. The third-order valence-electron chi connectivity index (χ3n) is 5.03. The zero-order valence-electron chi connectivity index (χ0n) is 20.6. The number of imidazole rings is 1. The molecule has 2 heterocycles. The van der Waals surface area contributed by atoms with Gasteiger partial charge in [-0.1, -0.05) is 11.8 Å². The largest absolute Gasteiger partial charge is 0.497 e. The van der Waals surface area contributed by atoms with Gasteiger partial charge < -0.3 is 29.6 Å². The molecule has 0 bridgehead atoms. The van der Waals surface area contributed by atoms with E-state index in [1.807, 2.05) is 0 Å². The number of fused-ring (bicyclic) bond motifs is 1. The maximum Gasteiger partial charge on any atom is 0.398 e. The van der Waals surface area contributed by atoms with Crippen molar-refractivity contribution in [3.63, 3.8) is 0 Å². The fourth-order valence-electron chi connectivity index (χ4n) is 3.56. The van der Waals surface area contributed by atoms with Gasteiger partial charge in [0.15, 0.2) is 5.65 Å². The number of nitrogen functional groups attached to an aromatic ring is 1. The highest BCUT2D eigenvalue weighted by Crippen LogP contribution is 2.67. The Kier molecular flexibility index (Phi) is 9.54. The van der Waals surface area contributed by atoms with Crippen LogP contribution in [0, 0.1) is 0 Å². The maximum absolute atomic E-state index is 12.9. The molecule has 1 aromatic carbocycles. The van der Waals surface area contributed by atoms with Crippen LogP contribution in [0.1, 0.15) is 6.92 Å². The lowest BCUT2D eigenvalue weighted by Gasteiger charge is -2.30. The summed E-state index contributed by atoms with van der Waals surface area (Å²) in [6.07, 6.45) is -16.0. The molecule has 4 N–H and O–H groups in total. The topological polar surface area (TPSA) is 163 Å². The van der Waals surface area contributed by atoms with Crippen LogP contribution in [-0.4, -0.2) is 72.8 Å². The van der Waals surface area contributed by atoms with E-state index in [0.29, 0.717) is 10.8 Å². The summed E-state index contributed by atoms with van der Waals surface area (Å²) < 4.78 is 114. The lowest BCUT2D eigenvalue weighted by Crippen LogP contribution is -2.30. The summed E-state index contributed by atoms with van der Waals surface area (Å²) in [4.78, 5) is 33.1. The maximum atomic E-state index is 12.9. The second-order valence-electron chi connectivity index (χ2n) is 8.56. The number of ether oxygens (including phenoxy) is 2. The standard InChI is InChI=1S/C20H23F6N5O6P2S/c1-11(37-18(38(32,33)8-19(21,22)23)39(34,35)9-20(24,25)26)7-31-10-28-14-15(31)29-17(27)30-16(14)40-13-5-3-12(36-2)4-6-13/h3-6,10-11,18H,7-9H2,1-2H3,(H,32,33)(H,34,35)(H2,27,29,30). The van der Waals surface area contributed by atoms with Gasteiger partial charge >= 0.3 is 12.4 Å². The molecule has 0 spiro atoms. The molecule has 222 valence electrons. The first-order chi connectivity index (χ1) is 18.3. The van der Waals surface area contributed by atoms with E-state index < -0.39 is 57.6 Å². The van der Waals surface area contributed by atoms with Gasteiger partial charge in [0.05, 0.1) is 26.1 Å². The average molecular weight is 637 g/mol. The summed E-state index contributed by atoms with van der Waals surface area (Å²) >= 11 is 1.16. The van der Waals surface area contributed by atoms with Crippen molar-refractivity contribution in [2.45, 2.75) is 47.4 Å². The number of hydrogen-bond donors (Lipinski definition) is 3. The Morgan fingerprint density at radius 3 is 2.08 bits per heavy atom. The van der Waals surface area contributed by atoms with Crippen molar-refractivity contribution in [3.8, 4) is 5.75 Å². The lowest BCUT2D eigenvalue weighted by molar-refractivity contribution is -0.109. The molecule has 2 aromatic heterocycles. The minimum Gasteiger partial charge on any atom is -0.497 e. The SMILES string of the molecule is COc1ccc(Sc2nc(N)nc3c2ncn3CC(C)OC(P(=O)(O)CC(F)(F)F)P(=O)(O)CC(F)(F)F)cc1. The number of rotatable bonds is 11. The van der Waals surface area contributed by atoms with Gasteiger partial charge in [-0.05, 0) is 31.2 Å². The first-order valence-electron chi connectivity index (χ1n) is 11.0. The minimum absolute atomic E-state index is 0.0976. The molecular weight excluding hydrogens is 614 g/mol. The Labute approximate surface area is 227 Å². The van der Waals surface area contributed by atoms with Crippen LogP contribution in [0.2, 0.25) is 0 Å². The molecule has 20 heteroatoms. The van der Waals surface area contributed by atoms with Crippen LogP contribution in [0.25, 0.3) is 11.2 Å². The second kappa shape index (κ2) is 11.9. The number of anilines is 1. The Morgan fingerprint density at radius 2 is 1.57 bits per heavy atom. The van der Waals surface area contributed by atoms with Gasteiger partial charge in [0.25, 0.3) is 0 Å². The van der Waals surface area contributed by atoms with Gasteiger partial charge in [0, 0.05) is 4.90 Å². The minimum atomic E-state index is -5.83. The lowest BCUT2D eigenvalue weighted by atomic mass is 10.3. The van der Waals surface area contributed by atoms with Crippen LogP contribution in [-0.2, 0) is 20.4 Å². The third kappa shape index (κ3) is 8.57. The highest BCUT2D eigenvalue weighted by molar-refractivity contribution is 7.99. The van der Waals surface area contributed by atoms with Crippen LogP contribution in [0.5, 0.6) is 5.75 Å². The molecule has 0 aliphatic carbocycles. The van der Waals surface area contributed by atoms with Crippen LogP contribution in [0.4, 0.5) is 32.3 Å². The van der Waals surface area contributed by atoms with Crippen molar-refractivity contribution in [2.24, 2.45) is 0 Å². The monoisotopic (exact) mass is 637 g/mol. The molecule has 0 saturated carbocycles. The molecule has 0 radical (unpaired) electrons. The quantitative estimate of drug-likeness (QED) is 0.149. The average Bonchev–Trinajstić information content (AvgIpc) is 3.17. The predicted molar refractivity (Wildman–Crippen MR) is 133 cm³/mol. The summed E-state index contributed by atoms with van der Waals surface area (Å²) in [7, 11) is -10.2. The fourth-order valence-corrected chi connectivity index (χ4v) is 9.32. The van der Waals surface area contributed by atoms with E-state index in [1.165, 1.54) is 18.0 Å². The molecule has 0 saturated heterocycles. The number of halogens is 6. The molecule has 11 nitrogen and oxygen atoms in total. The van der Waals surface area contributed by atoms with E-state index >= 15 is 0 Å². The van der Waals surface area contributed by atoms with Crippen molar-refractivity contribution in [3.05, 3.63) is 30.6 Å². The van der Waals surface area contributed by atoms with Crippen molar-refractivity contribution in [1.82, 2.24) is 19.5 Å². The van der Waals surface area contributed by atoms with Crippen LogP contribution < -0.4 is 10.5 Å². The van der Waals surface area contributed by atoms with E-state index in [1.54, 1.807) is 24.3 Å². The van der Waals surface area contributed by atoms with E-state index in [2.05, 4.69) is 15.0 Å². The van der Waals surface area contributed by atoms with E-state index in [4.69, 9.17) is 15.2 Å². The van der Waals surface area contributed by atoms with Gasteiger partial charge in [-0.3, -0.25) is 9.13 Å². The molecule has 3 rings (SSSR count). The van der Waals surface area contributed by atoms with Gasteiger partial charge in [0.1, 0.15) is 28.6 Å². The van der Waals surface area contributed by atoms with E-state index in [9.17, 15) is 45.3 Å². The van der Waals surface area contributed by atoms with Crippen molar-refractivity contribution in [2.75, 3.05) is 25.2 Å². The Bertz CT molecular complexity index is 1400. The summed E-state index contributed by atoms with van der Waals surface area (Å²) in [5.74, 6) is 0.422. The number of hydrogen-bond acceptors (Lipinski definition) is 9. The summed E-state index contributed by atoms with van der Waals surface area (Å²) in [5.41, 5.74) is 2.98. The third-order valence-corrected chi connectivity index (χ3v) is 11.4. The molecule has 3 unspecified atom stereocenters. The summed E-state index contributed by atoms with van der Waals surface area (Å²) in [5, 5.41) is 0.313. The number of aromatic nitrogens is 4. The first-order valence-corrected chi connectivity index (χ1v) is 15.7. The van der Waals surface area contributed by atoms with E-state index in [0.717, 1.165) is 23.6 Å². The van der Waals surface area contributed by atoms with E-state index in [-0.39, 0.29) is 17.1 Å².